The first kappa shape index (κ1) is 30.8. The predicted octanol–water partition coefficient (Wildman–Crippen LogP) is 8.97. The summed E-state index contributed by atoms with van der Waals surface area (Å²) < 4.78 is 0. The Morgan fingerprint density at radius 3 is 1.94 bits per heavy atom. The average molecular weight is 608 g/mol. The third-order valence-corrected chi connectivity index (χ3v) is 9.69. The Labute approximate surface area is 221 Å². The van der Waals surface area contributed by atoms with Crippen LogP contribution in [-0.4, -0.2) is 24.2 Å². The summed E-state index contributed by atoms with van der Waals surface area (Å²) in [5, 5.41) is 11.2. The summed E-state index contributed by atoms with van der Waals surface area (Å²) in [6.45, 7) is 2.33. The van der Waals surface area contributed by atoms with E-state index in [0.717, 1.165) is 29.6 Å². The number of nitrogens with zero attached hydrogens (tertiary/aromatic N) is 2. The SMILES string of the molecule is CCCCC1CCC2CCC3CCC(C4CCCC5CCCCC54)[N-]C3C2[N-]1.[CH3-].[CH3-].[CH3-].[Hf]. The Balaban J connectivity index is 0.00000128. The van der Waals surface area contributed by atoms with Crippen molar-refractivity contribution in [3.63, 3.8) is 0 Å². The van der Waals surface area contributed by atoms with Crippen LogP contribution >= 0.6 is 0 Å². The van der Waals surface area contributed by atoms with Crippen molar-refractivity contribution in [2.75, 3.05) is 0 Å². The molecular formula is C29H53HfN2-5. The first-order valence-electron chi connectivity index (χ1n) is 13.2. The van der Waals surface area contributed by atoms with E-state index in [1.165, 1.54) is 103 Å². The summed E-state index contributed by atoms with van der Waals surface area (Å²) in [6.07, 6.45) is 23.2. The molecule has 9 unspecified atom stereocenters. The van der Waals surface area contributed by atoms with Crippen molar-refractivity contribution in [1.82, 2.24) is 0 Å². The van der Waals surface area contributed by atoms with Crippen LogP contribution in [0, 0.1) is 51.9 Å². The van der Waals surface area contributed by atoms with Crippen LogP contribution in [-0.2, 0) is 25.8 Å². The van der Waals surface area contributed by atoms with Crippen molar-refractivity contribution in [2.45, 2.75) is 134 Å². The van der Waals surface area contributed by atoms with Gasteiger partial charge in [-0.25, -0.2) is 0 Å². The maximum absolute atomic E-state index is 5.72. The van der Waals surface area contributed by atoms with E-state index in [9.17, 15) is 0 Å². The molecule has 3 saturated carbocycles. The molecule has 0 amide bonds. The van der Waals surface area contributed by atoms with Crippen molar-refractivity contribution in [3.05, 3.63) is 32.9 Å². The molecular weight excluding hydrogens is 555 g/mol. The van der Waals surface area contributed by atoms with E-state index in [-0.39, 0.29) is 48.1 Å². The van der Waals surface area contributed by atoms with Gasteiger partial charge in [0.15, 0.2) is 0 Å². The molecule has 0 bridgehead atoms. The summed E-state index contributed by atoms with van der Waals surface area (Å²) in [4.78, 5) is 0. The van der Waals surface area contributed by atoms with Gasteiger partial charge in [-0.3, -0.25) is 0 Å². The Morgan fingerprint density at radius 1 is 0.594 bits per heavy atom. The van der Waals surface area contributed by atoms with Gasteiger partial charge in [0, 0.05) is 25.8 Å². The Kier molecular flexibility index (Phi) is 13.8. The second-order valence-electron chi connectivity index (χ2n) is 11.2. The van der Waals surface area contributed by atoms with E-state index in [0.29, 0.717) is 24.2 Å². The molecule has 2 aliphatic heterocycles. The van der Waals surface area contributed by atoms with Crippen molar-refractivity contribution in [1.29, 1.82) is 0 Å². The predicted molar refractivity (Wildman–Crippen MR) is 138 cm³/mol. The molecule has 5 rings (SSSR count). The van der Waals surface area contributed by atoms with E-state index in [1.54, 1.807) is 0 Å². The van der Waals surface area contributed by atoms with E-state index >= 15 is 0 Å². The average Bonchev–Trinajstić information content (AvgIpc) is 2.76. The van der Waals surface area contributed by atoms with Crippen molar-refractivity contribution in [2.24, 2.45) is 29.6 Å². The molecule has 2 nitrogen and oxygen atoms in total. The van der Waals surface area contributed by atoms with Crippen LogP contribution < -0.4 is 0 Å². The molecule has 0 N–H and O–H groups in total. The molecule has 2 saturated heterocycles. The van der Waals surface area contributed by atoms with E-state index in [1.807, 2.05) is 0 Å². The van der Waals surface area contributed by atoms with Gasteiger partial charge in [0.25, 0.3) is 0 Å². The van der Waals surface area contributed by atoms with Crippen LogP contribution in [0.5, 0.6) is 0 Å². The zero-order chi connectivity index (χ0) is 18.9. The molecule has 3 aliphatic carbocycles. The Hall–Kier alpha value is 0.790. The maximum Gasteiger partial charge on any atom is 0 e. The quantitative estimate of drug-likeness (QED) is 0.225. The number of hydrogen-bond donors (Lipinski definition) is 0. The summed E-state index contributed by atoms with van der Waals surface area (Å²) in [6, 6.07) is 2.55. The van der Waals surface area contributed by atoms with Gasteiger partial charge in [0.2, 0.25) is 0 Å². The van der Waals surface area contributed by atoms with E-state index < -0.39 is 0 Å². The zero-order valence-electron chi connectivity index (χ0n) is 21.9. The van der Waals surface area contributed by atoms with Crippen molar-refractivity contribution < 1.29 is 25.8 Å². The molecule has 9 atom stereocenters. The minimum Gasteiger partial charge on any atom is -0.658 e. The van der Waals surface area contributed by atoms with Gasteiger partial charge in [-0.05, 0) is 18.3 Å². The Bertz CT molecular complexity index is 509. The van der Waals surface area contributed by atoms with Gasteiger partial charge in [-0.15, -0.1) is 24.2 Å². The van der Waals surface area contributed by atoms with Gasteiger partial charge in [0.05, 0.1) is 0 Å². The summed E-state index contributed by atoms with van der Waals surface area (Å²) in [7, 11) is 0. The largest absolute Gasteiger partial charge is 0.658 e. The van der Waals surface area contributed by atoms with Crippen molar-refractivity contribution >= 4 is 0 Å². The minimum absolute atomic E-state index is 0. The fraction of sp³-hybridized carbons (Fsp3) is 0.897. The molecule has 32 heavy (non-hydrogen) atoms. The monoisotopic (exact) mass is 609 g/mol. The first-order chi connectivity index (χ1) is 13.8. The van der Waals surface area contributed by atoms with E-state index in [2.05, 4.69) is 6.92 Å². The molecule has 5 aliphatic rings. The number of rotatable bonds is 4. The van der Waals surface area contributed by atoms with Crippen LogP contribution in [0.25, 0.3) is 10.6 Å². The molecule has 2 heterocycles. The van der Waals surface area contributed by atoms with Crippen LogP contribution in [0.1, 0.15) is 110 Å². The first-order valence-corrected chi connectivity index (χ1v) is 13.2. The number of unbranched alkanes of at least 4 members (excludes halogenated alkanes) is 1. The minimum atomic E-state index is 0. The van der Waals surface area contributed by atoms with Crippen LogP contribution in [0.15, 0.2) is 0 Å². The number of hydrogen-bond acceptors (Lipinski definition) is 0. The van der Waals surface area contributed by atoms with Crippen LogP contribution in [0.3, 0.4) is 0 Å². The number of piperidine rings is 2. The molecule has 0 radical (unpaired) electrons. The molecule has 0 aromatic heterocycles. The third-order valence-electron chi connectivity index (χ3n) is 9.69. The normalized spacial score (nSPS) is 42.8. The molecule has 0 aromatic rings. The van der Waals surface area contributed by atoms with Gasteiger partial charge in [0.1, 0.15) is 0 Å². The van der Waals surface area contributed by atoms with Crippen LogP contribution in [0.2, 0.25) is 0 Å². The molecule has 188 valence electrons. The van der Waals surface area contributed by atoms with Gasteiger partial charge in [-0.1, -0.05) is 121 Å². The molecule has 0 aromatic carbocycles. The van der Waals surface area contributed by atoms with Gasteiger partial charge in [-0.2, -0.15) is 0 Å². The standard InChI is InChI=1S/C26H44N2.3CH3.Hf/c1-2-3-9-21-16-14-19-12-13-20-15-17-24(28-26(20)25(19)27-21)23-11-6-8-18-7-4-5-10-22(18)23;;;;/h18-26H,2-17H2,1H3;3*1H3;/q-2;3*-1;. The Morgan fingerprint density at radius 2 is 1.19 bits per heavy atom. The zero-order valence-corrected chi connectivity index (χ0v) is 25.5. The van der Waals surface area contributed by atoms with Gasteiger partial charge >= 0.3 is 0 Å². The molecule has 0 spiro atoms. The summed E-state index contributed by atoms with van der Waals surface area (Å²) in [5.74, 6) is 4.75. The fourth-order valence-electron chi connectivity index (χ4n) is 8.23. The summed E-state index contributed by atoms with van der Waals surface area (Å²) >= 11 is 0. The topological polar surface area (TPSA) is 28.2 Å². The molecule has 3 heteroatoms. The second kappa shape index (κ2) is 14.4. The third kappa shape index (κ3) is 6.51. The molecule has 5 fully saturated rings. The summed E-state index contributed by atoms with van der Waals surface area (Å²) in [5.41, 5.74) is 0. The van der Waals surface area contributed by atoms with E-state index in [4.69, 9.17) is 10.6 Å². The number of fused-ring (bicyclic) bond motifs is 4. The smallest absolute Gasteiger partial charge is 0 e. The van der Waals surface area contributed by atoms with Crippen molar-refractivity contribution in [3.8, 4) is 0 Å². The van der Waals surface area contributed by atoms with Crippen LogP contribution in [0.4, 0.5) is 0 Å². The van der Waals surface area contributed by atoms with Gasteiger partial charge < -0.3 is 32.9 Å². The fourth-order valence-corrected chi connectivity index (χ4v) is 8.23. The maximum atomic E-state index is 5.72. The second-order valence-corrected chi connectivity index (χ2v) is 11.2.